The van der Waals surface area contributed by atoms with Gasteiger partial charge in [-0.1, -0.05) is 62.0 Å². The maximum Gasteiger partial charge on any atom is 0.309 e. The summed E-state index contributed by atoms with van der Waals surface area (Å²) in [5.41, 5.74) is 1.94. The lowest BCUT2D eigenvalue weighted by Crippen LogP contribution is -2.52. The minimum absolute atomic E-state index is 0.0354. The van der Waals surface area contributed by atoms with Gasteiger partial charge in [-0.05, 0) is 66.5 Å². The van der Waals surface area contributed by atoms with E-state index in [1.807, 2.05) is 6.92 Å². The van der Waals surface area contributed by atoms with Crippen molar-refractivity contribution in [1.82, 2.24) is 0 Å². The molecule has 138 valence electrons. The predicted octanol–water partition coefficient (Wildman–Crippen LogP) is 6.87. The zero-order valence-corrected chi connectivity index (χ0v) is 17.4. The molecule has 2 aliphatic carbocycles. The molecule has 2 nitrogen and oxygen atoms in total. The fraction of sp³-hybridized carbons (Fsp3) is 0.650. The van der Waals surface area contributed by atoms with E-state index in [2.05, 4.69) is 20.8 Å². The monoisotopic (exact) mass is 402 g/mol. The van der Waals surface area contributed by atoms with Crippen molar-refractivity contribution in [2.75, 3.05) is 0 Å². The smallest absolute Gasteiger partial charge is 0.309 e. The maximum atomic E-state index is 12.1. The Morgan fingerprint density at radius 1 is 1.12 bits per heavy atom. The van der Waals surface area contributed by atoms with Crippen LogP contribution in [0.1, 0.15) is 76.0 Å². The summed E-state index contributed by atoms with van der Waals surface area (Å²) in [4.78, 5) is 12.1. The highest BCUT2D eigenvalue weighted by atomic mass is 35.5. The number of halogens is 3. The number of carboxylic acid groups (broad SMARTS) is 1. The van der Waals surface area contributed by atoms with Gasteiger partial charge in [0.2, 0.25) is 0 Å². The largest absolute Gasteiger partial charge is 0.481 e. The molecule has 0 radical (unpaired) electrons. The average Bonchev–Trinajstić information content (AvgIpc) is 2.51. The summed E-state index contributed by atoms with van der Waals surface area (Å²) < 4.78 is 0. The molecular weight excluding hydrogens is 379 g/mol. The minimum atomic E-state index is -0.732. The summed E-state index contributed by atoms with van der Waals surface area (Å²) in [5.74, 6) is -0.490. The van der Waals surface area contributed by atoms with Gasteiger partial charge in [0.1, 0.15) is 0 Å². The number of carbonyl (C=O) groups is 1. The van der Waals surface area contributed by atoms with Gasteiger partial charge in [-0.2, -0.15) is 0 Å². The third kappa shape index (κ3) is 2.63. The van der Waals surface area contributed by atoms with Gasteiger partial charge in [0.15, 0.2) is 0 Å². The van der Waals surface area contributed by atoms with E-state index in [0.29, 0.717) is 16.5 Å². The number of benzene rings is 1. The molecule has 0 spiro atoms. The van der Waals surface area contributed by atoms with Crippen LogP contribution in [0.25, 0.3) is 0 Å². The lowest BCUT2D eigenvalue weighted by Gasteiger charge is -2.54. The number of hydrogen-bond donors (Lipinski definition) is 1. The van der Waals surface area contributed by atoms with Gasteiger partial charge in [-0.15, -0.1) is 0 Å². The highest BCUT2D eigenvalue weighted by Crippen LogP contribution is 2.61. The van der Waals surface area contributed by atoms with Crippen LogP contribution >= 0.6 is 34.8 Å². The molecule has 0 saturated heterocycles. The first-order valence-electron chi connectivity index (χ1n) is 8.98. The van der Waals surface area contributed by atoms with E-state index in [1.165, 1.54) is 0 Å². The summed E-state index contributed by atoms with van der Waals surface area (Å²) in [6.45, 7) is 8.17. The van der Waals surface area contributed by atoms with Gasteiger partial charge in [-0.25, -0.2) is 0 Å². The molecule has 2 aliphatic rings. The third-order valence-corrected chi connectivity index (χ3v) is 8.00. The Labute approximate surface area is 164 Å². The van der Waals surface area contributed by atoms with Crippen LogP contribution in [-0.2, 0) is 16.6 Å². The summed E-state index contributed by atoms with van der Waals surface area (Å²) >= 11 is 20.2. The van der Waals surface area contributed by atoms with Crippen LogP contribution in [0.15, 0.2) is 0 Å². The SMILES string of the molecule is CC(C)c1c(Cl)c(Cl)c2c(c1Cl)CCC1[C@](C)(C(=O)O)CCC[C@]21C. The Morgan fingerprint density at radius 3 is 2.32 bits per heavy atom. The Balaban J connectivity index is 2.27. The molecular formula is C20H25Cl3O2. The van der Waals surface area contributed by atoms with Crippen molar-refractivity contribution < 1.29 is 9.90 Å². The van der Waals surface area contributed by atoms with Gasteiger partial charge in [-0.3, -0.25) is 4.79 Å². The molecule has 3 rings (SSSR count). The summed E-state index contributed by atoms with van der Waals surface area (Å²) in [5, 5.41) is 11.7. The van der Waals surface area contributed by atoms with Crippen LogP contribution in [0.5, 0.6) is 0 Å². The lowest BCUT2D eigenvalue weighted by atomic mass is 9.49. The normalized spacial score (nSPS) is 31.6. The molecule has 0 aromatic heterocycles. The minimum Gasteiger partial charge on any atom is -0.481 e. The Kier molecular flexibility index (Phi) is 4.88. The van der Waals surface area contributed by atoms with Crippen molar-refractivity contribution in [3.63, 3.8) is 0 Å². The molecule has 3 atom stereocenters. The van der Waals surface area contributed by atoms with E-state index in [1.54, 1.807) is 0 Å². The maximum absolute atomic E-state index is 12.1. The average molecular weight is 404 g/mol. The van der Waals surface area contributed by atoms with Crippen molar-refractivity contribution >= 4 is 40.8 Å². The first kappa shape index (κ1) is 19.3. The lowest BCUT2D eigenvalue weighted by molar-refractivity contribution is -0.157. The topological polar surface area (TPSA) is 37.3 Å². The van der Waals surface area contributed by atoms with Gasteiger partial charge < -0.3 is 5.11 Å². The van der Waals surface area contributed by atoms with Crippen LogP contribution in [0, 0.1) is 11.3 Å². The fourth-order valence-electron chi connectivity index (χ4n) is 5.42. The van der Waals surface area contributed by atoms with Crippen LogP contribution < -0.4 is 0 Å². The molecule has 1 unspecified atom stereocenters. The third-order valence-electron chi connectivity index (χ3n) is 6.70. The summed E-state index contributed by atoms with van der Waals surface area (Å²) in [6.07, 6.45) is 4.07. The Hall–Kier alpha value is -0.440. The van der Waals surface area contributed by atoms with Gasteiger partial charge >= 0.3 is 5.97 Å². The van der Waals surface area contributed by atoms with E-state index in [9.17, 15) is 9.90 Å². The highest BCUT2D eigenvalue weighted by Gasteiger charge is 2.56. The van der Waals surface area contributed by atoms with Crippen LogP contribution in [0.3, 0.4) is 0 Å². The van der Waals surface area contributed by atoms with Crippen LogP contribution in [-0.4, -0.2) is 11.1 Å². The van der Waals surface area contributed by atoms with Gasteiger partial charge in [0.05, 0.1) is 15.5 Å². The fourth-order valence-corrected chi connectivity index (χ4v) is 6.81. The second-order valence-electron chi connectivity index (χ2n) is 8.45. The van der Waals surface area contributed by atoms with E-state index < -0.39 is 11.4 Å². The molecule has 25 heavy (non-hydrogen) atoms. The second-order valence-corrected chi connectivity index (χ2v) is 9.58. The van der Waals surface area contributed by atoms with Crippen molar-refractivity contribution in [3.8, 4) is 0 Å². The van der Waals surface area contributed by atoms with Crippen LogP contribution in [0.2, 0.25) is 15.1 Å². The molecule has 1 N–H and O–H groups in total. The van der Waals surface area contributed by atoms with E-state index in [4.69, 9.17) is 34.8 Å². The summed E-state index contributed by atoms with van der Waals surface area (Å²) in [7, 11) is 0. The molecule has 0 heterocycles. The van der Waals surface area contributed by atoms with Gasteiger partial charge in [0, 0.05) is 5.02 Å². The molecule has 1 saturated carbocycles. The zero-order chi connectivity index (χ0) is 18.7. The van der Waals surface area contributed by atoms with Crippen molar-refractivity contribution in [3.05, 3.63) is 31.8 Å². The molecule has 0 aliphatic heterocycles. The number of rotatable bonds is 2. The number of aliphatic carboxylic acids is 1. The number of fused-ring (bicyclic) bond motifs is 3. The van der Waals surface area contributed by atoms with Crippen molar-refractivity contribution in [2.24, 2.45) is 11.3 Å². The number of hydrogen-bond acceptors (Lipinski definition) is 1. The predicted molar refractivity (Wildman–Crippen MR) is 104 cm³/mol. The van der Waals surface area contributed by atoms with Gasteiger partial charge in [0.25, 0.3) is 0 Å². The Morgan fingerprint density at radius 2 is 1.76 bits per heavy atom. The van der Waals surface area contributed by atoms with E-state index in [-0.39, 0.29) is 17.3 Å². The highest BCUT2D eigenvalue weighted by molar-refractivity contribution is 6.45. The van der Waals surface area contributed by atoms with E-state index in [0.717, 1.165) is 47.4 Å². The molecule has 5 heteroatoms. The quantitative estimate of drug-likeness (QED) is 0.547. The van der Waals surface area contributed by atoms with Crippen molar-refractivity contribution in [2.45, 2.75) is 71.1 Å². The molecule has 0 amide bonds. The van der Waals surface area contributed by atoms with Crippen molar-refractivity contribution in [1.29, 1.82) is 0 Å². The molecule has 1 fully saturated rings. The summed E-state index contributed by atoms with van der Waals surface area (Å²) in [6, 6.07) is 0. The Bertz CT molecular complexity index is 743. The second kappa shape index (κ2) is 6.32. The van der Waals surface area contributed by atoms with E-state index >= 15 is 0 Å². The van der Waals surface area contributed by atoms with Crippen LogP contribution in [0.4, 0.5) is 0 Å². The first-order valence-corrected chi connectivity index (χ1v) is 10.1. The number of carboxylic acids is 1. The zero-order valence-electron chi connectivity index (χ0n) is 15.2. The molecule has 0 bridgehead atoms. The standard InChI is InChI=1S/C20H25Cl3O2/c1-10(2)13-15(21)11-6-7-12-19(3,14(11)17(23)16(13)22)8-5-9-20(12,4)18(24)25/h10,12H,5-9H2,1-4H3,(H,24,25)/t12?,19-,20+/m0/s1. The first-order chi connectivity index (χ1) is 11.6. The molecule has 1 aromatic rings. The molecule has 1 aromatic carbocycles.